The van der Waals surface area contributed by atoms with Crippen molar-refractivity contribution in [3.63, 3.8) is 0 Å². The molecule has 0 aliphatic rings. The van der Waals surface area contributed by atoms with Crippen molar-refractivity contribution < 1.29 is 24.5 Å². The van der Waals surface area contributed by atoms with Crippen LogP contribution in [0, 0.1) is 0 Å². The summed E-state index contributed by atoms with van der Waals surface area (Å²) in [5, 5.41) is 20.1. The zero-order valence-electron chi connectivity index (χ0n) is 21.0. The van der Waals surface area contributed by atoms with Gasteiger partial charge in [0.1, 0.15) is 17.2 Å². The lowest BCUT2D eigenvalue weighted by molar-refractivity contribution is 0.0785. The van der Waals surface area contributed by atoms with Gasteiger partial charge in [0.2, 0.25) is 0 Å². The van der Waals surface area contributed by atoms with E-state index in [0.717, 1.165) is 22.9 Å². The van der Waals surface area contributed by atoms with Crippen molar-refractivity contribution in [1.82, 2.24) is 4.90 Å². The molecule has 4 aromatic carbocycles. The van der Waals surface area contributed by atoms with Crippen LogP contribution < -0.4 is 9.64 Å². The van der Waals surface area contributed by atoms with Crippen LogP contribution in [0.4, 0.5) is 5.69 Å². The van der Waals surface area contributed by atoms with Crippen molar-refractivity contribution in [1.29, 1.82) is 0 Å². The Balaban J connectivity index is 1.58. The van der Waals surface area contributed by atoms with Gasteiger partial charge in [-0.25, -0.2) is 0 Å². The molecule has 0 radical (unpaired) electrons. The zero-order valence-corrected chi connectivity index (χ0v) is 21.7. The van der Waals surface area contributed by atoms with E-state index in [1.807, 2.05) is 54.6 Å². The van der Waals surface area contributed by atoms with Gasteiger partial charge in [-0.3, -0.25) is 9.59 Å². The van der Waals surface area contributed by atoms with E-state index in [1.165, 1.54) is 11.0 Å². The molecule has 0 spiro atoms. The number of carbonyl (C=O) groups excluding carboxylic acids is 2. The molecule has 38 heavy (non-hydrogen) atoms. The normalized spacial score (nSPS) is 10.6. The fourth-order valence-corrected chi connectivity index (χ4v) is 4.16. The van der Waals surface area contributed by atoms with Gasteiger partial charge >= 0.3 is 0 Å². The number of hydrogen-bond donors (Lipinski definition) is 2. The molecular weight excluding hydrogens is 504 g/mol. The number of hydrogen-bond acceptors (Lipinski definition) is 5. The number of nitrogens with zero attached hydrogens (tertiary/aromatic N) is 2. The highest BCUT2D eigenvalue weighted by Crippen LogP contribution is 2.33. The molecule has 8 heteroatoms. The summed E-state index contributed by atoms with van der Waals surface area (Å²) >= 11 is 6.02. The average molecular weight is 531 g/mol. The van der Waals surface area contributed by atoms with Gasteiger partial charge in [-0.2, -0.15) is 0 Å². The van der Waals surface area contributed by atoms with Crippen LogP contribution in [-0.4, -0.2) is 41.1 Å². The first-order valence-corrected chi connectivity index (χ1v) is 12.2. The number of halogens is 1. The molecular formula is C30H27ClN2O5. The van der Waals surface area contributed by atoms with Crippen molar-refractivity contribution >= 4 is 29.1 Å². The molecule has 4 rings (SSSR count). The Hall–Kier alpha value is -4.49. The number of phenolic OH excluding ortho intramolecular Hbond substituents is 2. The monoisotopic (exact) mass is 530 g/mol. The van der Waals surface area contributed by atoms with E-state index >= 15 is 0 Å². The fraction of sp³-hybridized carbons (Fsp3) is 0.133. The number of carbonyl (C=O) groups is 2. The number of amides is 2. The summed E-state index contributed by atoms with van der Waals surface area (Å²) in [4.78, 5) is 29.7. The maximum atomic E-state index is 13.6. The smallest absolute Gasteiger partial charge is 0.262 e. The third-order valence-corrected chi connectivity index (χ3v) is 6.38. The van der Waals surface area contributed by atoms with Gasteiger partial charge in [0.15, 0.2) is 0 Å². The molecule has 4 aromatic rings. The van der Waals surface area contributed by atoms with Crippen molar-refractivity contribution in [2.75, 3.05) is 19.1 Å². The van der Waals surface area contributed by atoms with Crippen LogP contribution in [0.5, 0.6) is 17.2 Å². The molecule has 0 bridgehead atoms. The summed E-state index contributed by atoms with van der Waals surface area (Å²) in [6.07, 6.45) is 0. The lowest BCUT2D eigenvalue weighted by atomic mass is 10.1. The number of methoxy groups -OCH3 is 1. The lowest BCUT2D eigenvalue weighted by Crippen LogP contribution is -2.31. The number of phenols is 2. The Kier molecular flexibility index (Phi) is 8.19. The third-order valence-electron chi connectivity index (χ3n) is 6.08. The molecule has 0 saturated carbocycles. The number of ether oxygens (including phenoxy) is 1. The Morgan fingerprint density at radius 3 is 2.05 bits per heavy atom. The molecule has 0 atom stereocenters. The second kappa shape index (κ2) is 11.7. The van der Waals surface area contributed by atoms with E-state index in [0.29, 0.717) is 17.8 Å². The maximum Gasteiger partial charge on any atom is 0.262 e. The topological polar surface area (TPSA) is 90.3 Å². The summed E-state index contributed by atoms with van der Waals surface area (Å²) < 4.78 is 5.18. The van der Waals surface area contributed by atoms with Crippen LogP contribution in [0.1, 0.15) is 31.8 Å². The van der Waals surface area contributed by atoms with Crippen LogP contribution in [0.3, 0.4) is 0 Å². The third kappa shape index (κ3) is 6.07. The molecule has 0 saturated heterocycles. The first kappa shape index (κ1) is 26.6. The number of anilines is 1. The van der Waals surface area contributed by atoms with E-state index in [1.54, 1.807) is 43.3 Å². The molecule has 0 aliphatic carbocycles. The molecule has 2 N–H and O–H groups in total. The fourth-order valence-electron chi connectivity index (χ4n) is 3.99. The quantitative estimate of drug-likeness (QED) is 0.297. The van der Waals surface area contributed by atoms with E-state index < -0.39 is 5.91 Å². The molecule has 0 fully saturated rings. The minimum Gasteiger partial charge on any atom is -0.507 e. The first-order chi connectivity index (χ1) is 18.3. The Morgan fingerprint density at radius 1 is 0.789 bits per heavy atom. The van der Waals surface area contributed by atoms with Gasteiger partial charge < -0.3 is 24.7 Å². The first-order valence-electron chi connectivity index (χ1n) is 11.8. The van der Waals surface area contributed by atoms with E-state index in [9.17, 15) is 19.8 Å². The molecule has 2 amide bonds. The van der Waals surface area contributed by atoms with Crippen molar-refractivity contribution in [2.24, 2.45) is 0 Å². The van der Waals surface area contributed by atoms with E-state index in [-0.39, 0.29) is 34.5 Å². The Bertz CT molecular complexity index is 1420. The maximum absolute atomic E-state index is 13.6. The summed E-state index contributed by atoms with van der Waals surface area (Å²) in [5.41, 5.74) is 2.77. The molecule has 0 aliphatic heterocycles. The van der Waals surface area contributed by atoms with Crippen LogP contribution in [0.15, 0.2) is 91.0 Å². The SMILES string of the molecule is COc1ccc(CN(C)C(=O)c2ccc(N(Cc3ccccc3)C(=O)c3cc(Cl)c(O)cc3O)cc2)cc1. The van der Waals surface area contributed by atoms with Crippen molar-refractivity contribution in [2.45, 2.75) is 13.1 Å². The molecule has 7 nitrogen and oxygen atoms in total. The lowest BCUT2D eigenvalue weighted by Gasteiger charge is -2.24. The highest BCUT2D eigenvalue weighted by Gasteiger charge is 2.23. The second-order valence-corrected chi connectivity index (χ2v) is 9.16. The van der Waals surface area contributed by atoms with Gasteiger partial charge in [-0.1, -0.05) is 54.1 Å². The summed E-state index contributed by atoms with van der Waals surface area (Å²) in [7, 11) is 3.33. The Morgan fingerprint density at radius 2 is 1.42 bits per heavy atom. The predicted octanol–water partition coefficient (Wildman–Crippen LogP) is 5.88. The number of benzene rings is 4. The standard InChI is InChI=1S/C30H27ClN2O5/c1-32(18-21-8-14-24(38-2)15-9-21)29(36)22-10-12-23(13-11-22)33(19-20-6-4-3-5-7-20)30(37)25-16-26(31)28(35)17-27(25)34/h3-17,34-35H,18-19H2,1-2H3. The predicted molar refractivity (Wildman–Crippen MR) is 147 cm³/mol. The second-order valence-electron chi connectivity index (χ2n) is 8.75. The molecule has 194 valence electrons. The average Bonchev–Trinajstić information content (AvgIpc) is 2.94. The van der Waals surface area contributed by atoms with Crippen molar-refractivity contribution in [3.05, 3.63) is 118 Å². The van der Waals surface area contributed by atoms with Gasteiger partial charge in [0, 0.05) is 30.9 Å². The van der Waals surface area contributed by atoms with Crippen LogP contribution in [0.25, 0.3) is 0 Å². The summed E-state index contributed by atoms with van der Waals surface area (Å²) in [6.45, 7) is 0.631. The number of rotatable bonds is 8. The molecule has 0 unspecified atom stereocenters. The van der Waals surface area contributed by atoms with E-state index in [4.69, 9.17) is 16.3 Å². The molecule has 0 heterocycles. The zero-order chi connectivity index (χ0) is 27.2. The van der Waals surface area contributed by atoms with Crippen molar-refractivity contribution in [3.8, 4) is 17.2 Å². The van der Waals surface area contributed by atoms with Crippen LogP contribution in [0.2, 0.25) is 5.02 Å². The molecule has 0 aromatic heterocycles. The highest BCUT2D eigenvalue weighted by atomic mass is 35.5. The van der Waals surface area contributed by atoms with Crippen LogP contribution >= 0.6 is 11.6 Å². The number of aromatic hydroxyl groups is 2. The highest BCUT2D eigenvalue weighted by molar-refractivity contribution is 6.32. The van der Waals surface area contributed by atoms with E-state index in [2.05, 4.69) is 0 Å². The van der Waals surface area contributed by atoms with Gasteiger partial charge in [-0.15, -0.1) is 0 Å². The van der Waals surface area contributed by atoms with Gasteiger partial charge in [0.05, 0.1) is 24.2 Å². The minimum absolute atomic E-state index is 0.0494. The van der Waals surface area contributed by atoms with Gasteiger partial charge in [0.25, 0.3) is 11.8 Å². The Labute approximate surface area is 226 Å². The summed E-state index contributed by atoms with van der Waals surface area (Å²) in [6, 6.07) is 25.9. The summed E-state index contributed by atoms with van der Waals surface area (Å²) in [5.74, 6) is -0.644. The van der Waals surface area contributed by atoms with Crippen LogP contribution in [-0.2, 0) is 13.1 Å². The minimum atomic E-state index is -0.510. The van der Waals surface area contributed by atoms with Gasteiger partial charge in [-0.05, 0) is 53.6 Å². The largest absolute Gasteiger partial charge is 0.507 e.